The number of fused-ring (bicyclic) bond motifs is 1. The molecule has 2 aromatic rings. The van der Waals surface area contributed by atoms with Crippen molar-refractivity contribution in [3.8, 4) is 11.5 Å². The SMILES string of the molecule is C[C@H](C(=O)NC1CCCCC1)N(Cc1cccc(Br)c1)C(=O)CN(c1ccc2c(c1)OCCO2)S(C)(=O)=O. The minimum absolute atomic E-state index is 0.0896. The minimum Gasteiger partial charge on any atom is -0.486 e. The molecule has 206 valence electrons. The van der Waals surface area contributed by atoms with Crippen LogP contribution in [0.15, 0.2) is 46.9 Å². The second-order valence-corrected chi connectivity index (χ2v) is 12.6. The first-order valence-electron chi connectivity index (χ1n) is 12.8. The van der Waals surface area contributed by atoms with Gasteiger partial charge in [-0.15, -0.1) is 0 Å². The van der Waals surface area contributed by atoms with E-state index in [1.165, 1.54) is 4.90 Å². The number of carbonyl (C=O) groups excluding carboxylic acids is 2. The van der Waals surface area contributed by atoms with E-state index in [4.69, 9.17) is 9.47 Å². The number of nitrogens with one attached hydrogen (secondary N) is 1. The Morgan fingerprint density at radius 3 is 2.45 bits per heavy atom. The van der Waals surface area contributed by atoms with Crippen LogP contribution in [0.1, 0.15) is 44.6 Å². The van der Waals surface area contributed by atoms with Gasteiger partial charge in [-0.2, -0.15) is 0 Å². The lowest BCUT2D eigenvalue weighted by Gasteiger charge is -2.33. The standard InChI is InChI=1S/C27H34BrN3O6S/c1-19(27(33)29-22-9-4-3-5-10-22)30(17-20-7-6-8-21(28)15-20)26(32)18-31(38(2,34)35)23-11-12-24-25(16-23)37-14-13-36-24/h6-8,11-12,15-16,19,22H,3-5,9-10,13-14,17-18H2,1-2H3,(H,29,33)/t19-/m1/s1. The van der Waals surface area contributed by atoms with Gasteiger partial charge in [0.1, 0.15) is 25.8 Å². The zero-order valence-corrected chi connectivity index (χ0v) is 24.1. The maximum absolute atomic E-state index is 13.8. The van der Waals surface area contributed by atoms with Crippen LogP contribution < -0.4 is 19.1 Å². The Kier molecular flexibility index (Phi) is 9.19. The summed E-state index contributed by atoms with van der Waals surface area (Å²) in [6.45, 7) is 2.13. The van der Waals surface area contributed by atoms with E-state index in [0.717, 1.165) is 52.7 Å². The molecule has 1 aliphatic heterocycles. The summed E-state index contributed by atoms with van der Waals surface area (Å²) < 4.78 is 38.7. The topological polar surface area (TPSA) is 105 Å². The summed E-state index contributed by atoms with van der Waals surface area (Å²) >= 11 is 3.46. The van der Waals surface area contributed by atoms with Crippen molar-refractivity contribution in [2.75, 3.05) is 30.3 Å². The highest BCUT2D eigenvalue weighted by Crippen LogP contribution is 2.34. The Hall–Kier alpha value is -2.79. The average molecular weight is 609 g/mol. The normalized spacial score (nSPS) is 16.4. The first-order valence-corrected chi connectivity index (χ1v) is 15.5. The average Bonchev–Trinajstić information content (AvgIpc) is 2.89. The Balaban J connectivity index is 1.59. The second kappa shape index (κ2) is 12.4. The van der Waals surface area contributed by atoms with Gasteiger partial charge >= 0.3 is 0 Å². The van der Waals surface area contributed by atoms with Gasteiger partial charge in [-0.05, 0) is 49.6 Å². The molecule has 2 aromatic carbocycles. The first kappa shape index (κ1) is 28.2. The summed E-state index contributed by atoms with van der Waals surface area (Å²) in [6, 6.07) is 11.5. The van der Waals surface area contributed by atoms with Crippen molar-refractivity contribution >= 4 is 43.5 Å². The van der Waals surface area contributed by atoms with Gasteiger partial charge < -0.3 is 19.7 Å². The molecule has 0 unspecified atom stereocenters. The number of anilines is 1. The number of nitrogens with zero attached hydrogens (tertiary/aromatic N) is 2. The lowest BCUT2D eigenvalue weighted by Crippen LogP contribution is -2.53. The Morgan fingerprint density at radius 2 is 1.76 bits per heavy atom. The van der Waals surface area contributed by atoms with Crippen LogP contribution in [-0.2, 0) is 26.2 Å². The van der Waals surface area contributed by atoms with Crippen molar-refractivity contribution in [3.63, 3.8) is 0 Å². The molecule has 1 atom stereocenters. The molecule has 9 nitrogen and oxygen atoms in total. The number of amides is 2. The van der Waals surface area contributed by atoms with Gasteiger partial charge in [0, 0.05) is 23.1 Å². The zero-order chi connectivity index (χ0) is 27.3. The summed E-state index contributed by atoms with van der Waals surface area (Å²) in [5, 5.41) is 3.10. The zero-order valence-electron chi connectivity index (χ0n) is 21.7. The summed E-state index contributed by atoms with van der Waals surface area (Å²) in [4.78, 5) is 28.5. The fourth-order valence-electron chi connectivity index (χ4n) is 4.78. The van der Waals surface area contributed by atoms with E-state index in [1.54, 1.807) is 25.1 Å². The number of sulfonamides is 1. The number of hydrogen-bond donors (Lipinski definition) is 1. The highest BCUT2D eigenvalue weighted by molar-refractivity contribution is 9.10. The van der Waals surface area contributed by atoms with E-state index in [0.29, 0.717) is 24.7 Å². The van der Waals surface area contributed by atoms with E-state index >= 15 is 0 Å². The third kappa shape index (κ3) is 7.19. The quantitative estimate of drug-likeness (QED) is 0.464. The molecule has 1 heterocycles. The lowest BCUT2D eigenvalue weighted by molar-refractivity contribution is -0.139. The molecular weight excluding hydrogens is 574 g/mol. The van der Waals surface area contributed by atoms with Crippen molar-refractivity contribution in [2.45, 2.75) is 57.7 Å². The molecule has 1 aliphatic carbocycles. The minimum atomic E-state index is -3.84. The smallest absolute Gasteiger partial charge is 0.244 e. The van der Waals surface area contributed by atoms with Crippen LogP contribution >= 0.6 is 15.9 Å². The molecule has 1 N–H and O–H groups in total. The summed E-state index contributed by atoms with van der Waals surface area (Å²) in [7, 11) is -3.84. The van der Waals surface area contributed by atoms with Gasteiger partial charge in [0.25, 0.3) is 0 Å². The monoisotopic (exact) mass is 607 g/mol. The number of rotatable bonds is 9. The largest absolute Gasteiger partial charge is 0.486 e. The van der Waals surface area contributed by atoms with Crippen molar-refractivity contribution < 1.29 is 27.5 Å². The molecule has 1 fully saturated rings. The highest BCUT2D eigenvalue weighted by Gasteiger charge is 2.31. The van der Waals surface area contributed by atoms with E-state index in [1.807, 2.05) is 24.3 Å². The van der Waals surface area contributed by atoms with Crippen LogP contribution in [0.3, 0.4) is 0 Å². The molecule has 0 spiro atoms. The van der Waals surface area contributed by atoms with Gasteiger partial charge in [-0.25, -0.2) is 8.42 Å². The molecular formula is C27H34BrN3O6S. The van der Waals surface area contributed by atoms with Crippen LogP contribution in [0.25, 0.3) is 0 Å². The van der Waals surface area contributed by atoms with Crippen molar-refractivity contribution in [3.05, 3.63) is 52.5 Å². The number of hydrogen-bond acceptors (Lipinski definition) is 6. The fraction of sp³-hybridized carbons (Fsp3) is 0.481. The molecule has 0 radical (unpaired) electrons. The van der Waals surface area contributed by atoms with Crippen molar-refractivity contribution in [1.82, 2.24) is 10.2 Å². The number of halogens is 1. The maximum Gasteiger partial charge on any atom is 0.244 e. The third-order valence-corrected chi connectivity index (χ3v) is 8.49. The van der Waals surface area contributed by atoms with E-state index < -0.39 is 28.5 Å². The molecule has 38 heavy (non-hydrogen) atoms. The number of benzene rings is 2. The van der Waals surface area contributed by atoms with E-state index in [2.05, 4.69) is 21.2 Å². The molecule has 0 aromatic heterocycles. The molecule has 1 saturated carbocycles. The molecule has 0 bridgehead atoms. The summed E-state index contributed by atoms with van der Waals surface area (Å²) in [5.41, 5.74) is 1.10. The number of carbonyl (C=O) groups is 2. The molecule has 11 heteroatoms. The van der Waals surface area contributed by atoms with Crippen LogP contribution in [-0.4, -0.2) is 63.2 Å². The Bertz CT molecular complexity index is 1270. The van der Waals surface area contributed by atoms with Gasteiger partial charge in [-0.1, -0.05) is 47.3 Å². The molecule has 4 rings (SSSR count). The van der Waals surface area contributed by atoms with Gasteiger partial charge in [-0.3, -0.25) is 13.9 Å². The Labute approximate surface area is 232 Å². The van der Waals surface area contributed by atoms with Crippen LogP contribution in [0.4, 0.5) is 5.69 Å². The molecule has 2 amide bonds. The fourth-order valence-corrected chi connectivity index (χ4v) is 6.07. The van der Waals surface area contributed by atoms with Crippen molar-refractivity contribution in [1.29, 1.82) is 0 Å². The Morgan fingerprint density at radius 1 is 1.05 bits per heavy atom. The second-order valence-electron chi connectivity index (χ2n) is 9.77. The van der Waals surface area contributed by atoms with Crippen LogP contribution in [0.5, 0.6) is 11.5 Å². The lowest BCUT2D eigenvalue weighted by atomic mass is 9.95. The third-order valence-electron chi connectivity index (χ3n) is 6.85. The summed E-state index contributed by atoms with van der Waals surface area (Å²) in [6.07, 6.45) is 6.19. The van der Waals surface area contributed by atoms with E-state index in [-0.39, 0.29) is 24.2 Å². The van der Waals surface area contributed by atoms with Crippen molar-refractivity contribution in [2.24, 2.45) is 0 Å². The van der Waals surface area contributed by atoms with Gasteiger partial charge in [0.2, 0.25) is 21.8 Å². The van der Waals surface area contributed by atoms with Gasteiger partial charge in [0.15, 0.2) is 11.5 Å². The van der Waals surface area contributed by atoms with E-state index in [9.17, 15) is 18.0 Å². The highest BCUT2D eigenvalue weighted by atomic mass is 79.9. The first-order chi connectivity index (χ1) is 18.1. The predicted octanol–water partition coefficient (Wildman–Crippen LogP) is 3.85. The predicted molar refractivity (Wildman–Crippen MR) is 149 cm³/mol. The summed E-state index contributed by atoms with van der Waals surface area (Å²) in [5.74, 6) is 0.201. The number of ether oxygens (including phenoxy) is 2. The maximum atomic E-state index is 13.8. The van der Waals surface area contributed by atoms with Crippen LogP contribution in [0.2, 0.25) is 0 Å². The molecule has 0 saturated heterocycles. The van der Waals surface area contributed by atoms with Gasteiger partial charge in [0.05, 0.1) is 11.9 Å². The van der Waals surface area contributed by atoms with Crippen LogP contribution in [0, 0.1) is 0 Å². The molecule has 2 aliphatic rings.